The molecule has 0 radical (unpaired) electrons. The monoisotopic (exact) mass is 297 g/mol. The molecule has 1 atom stereocenters. The Morgan fingerprint density at radius 3 is 2.71 bits per heavy atom. The fourth-order valence-electron chi connectivity index (χ4n) is 1.94. The molecule has 1 amide bonds. The van der Waals surface area contributed by atoms with E-state index in [4.69, 9.17) is 9.84 Å². The van der Waals surface area contributed by atoms with E-state index in [1.165, 1.54) is 12.1 Å². The van der Waals surface area contributed by atoms with Crippen LogP contribution in [0.5, 0.6) is 5.75 Å². The quantitative estimate of drug-likeness (QED) is 0.813. The summed E-state index contributed by atoms with van der Waals surface area (Å²) < 4.78 is 18.3. The summed E-state index contributed by atoms with van der Waals surface area (Å²) in [5.41, 5.74) is -0.123. The molecule has 4 nitrogen and oxygen atoms in total. The molecule has 0 fully saturated rings. The number of carbonyl (C=O) groups is 1. The molecule has 0 heterocycles. The van der Waals surface area contributed by atoms with E-state index in [0.717, 1.165) is 0 Å². The van der Waals surface area contributed by atoms with Gasteiger partial charge in [-0.2, -0.15) is 0 Å². The van der Waals surface area contributed by atoms with Crippen LogP contribution in [0, 0.1) is 11.2 Å². The van der Waals surface area contributed by atoms with Gasteiger partial charge >= 0.3 is 0 Å². The van der Waals surface area contributed by atoms with Crippen molar-refractivity contribution in [1.29, 1.82) is 0 Å². The molecule has 0 saturated carbocycles. The molecule has 0 saturated heterocycles. The van der Waals surface area contributed by atoms with Crippen LogP contribution in [0.3, 0.4) is 0 Å². The molecule has 21 heavy (non-hydrogen) atoms. The minimum atomic E-state index is -0.368. The van der Waals surface area contributed by atoms with E-state index >= 15 is 0 Å². The molecular weight excluding hydrogens is 273 g/mol. The summed E-state index contributed by atoms with van der Waals surface area (Å²) in [6, 6.07) is 5.72. The van der Waals surface area contributed by atoms with Gasteiger partial charge in [0.25, 0.3) is 0 Å². The van der Waals surface area contributed by atoms with E-state index in [9.17, 15) is 9.18 Å². The van der Waals surface area contributed by atoms with Crippen molar-refractivity contribution in [2.24, 2.45) is 5.41 Å². The Morgan fingerprint density at radius 1 is 1.43 bits per heavy atom. The number of halogens is 1. The predicted molar refractivity (Wildman–Crippen MR) is 79.6 cm³/mol. The van der Waals surface area contributed by atoms with E-state index in [0.29, 0.717) is 12.2 Å². The summed E-state index contributed by atoms with van der Waals surface area (Å²) in [4.78, 5) is 11.9. The number of carbonyl (C=O) groups excluding carboxylic acids is 1. The molecule has 5 heteroatoms. The maximum absolute atomic E-state index is 13.0. The molecule has 1 aromatic rings. The molecule has 118 valence electrons. The Balaban J connectivity index is 2.39. The zero-order valence-electron chi connectivity index (χ0n) is 12.9. The second-order valence-electron chi connectivity index (χ2n) is 6.05. The van der Waals surface area contributed by atoms with Gasteiger partial charge in [0.1, 0.15) is 11.6 Å². The van der Waals surface area contributed by atoms with Gasteiger partial charge in [-0.3, -0.25) is 4.79 Å². The lowest BCUT2D eigenvalue weighted by atomic mass is 9.85. The standard InChI is InChI=1S/C16H24FNO3/c1-16(2,3)14(7-9-19)18-15(20)8-10-21-13-6-4-5-12(17)11-13/h4-6,11,14,19H,7-10H2,1-3H3,(H,18,20). The number of ether oxygens (including phenoxy) is 1. The van der Waals surface area contributed by atoms with E-state index < -0.39 is 0 Å². The summed E-state index contributed by atoms with van der Waals surface area (Å²) >= 11 is 0. The van der Waals surface area contributed by atoms with Crippen molar-refractivity contribution in [2.45, 2.75) is 39.7 Å². The Labute approximate surface area is 125 Å². The molecule has 0 bridgehead atoms. The van der Waals surface area contributed by atoms with E-state index in [2.05, 4.69) is 5.32 Å². The molecule has 1 aromatic carbocycles. The van der Waals surface area contributed by atoms with Gasteiger partial charge in [-0.15, -0.1) is 0 Å². The second-order valence-corrected chi connectivity index (χ2v) is 6.05. The van der Waals surface area contributed by atoms with Crippen molar-refractivity contribution in [3.8, 4) is 5.75 Å². The van der Waals surface area contributed by atoms with Crippen LogP contribution in [0.1, 0.15) is 33.6 Å². The third kappa shape index (κ3) is 6.58. The molecule has 2 N–H and O–H groups in total. The van der Waals surface area contributed by atoms with Crippen molar-refractivity contribution in [1.82, 2.24) is 5.32 Å². The molecule has 0 aromatic heterocycles. The molecule has 0 spiro atoms. The number of hydrogen-bond donors (Lipinski definition) is 2. The number of aliphatic hydroxyl groups is 1. The summed E-state index contributed by atoms with van der Waals surface area (Å²) in [7, 11) is 0. The van der Waals surface area contributed by atoms with Gasteiger partial charge in [0, 0.05) is 18.7 Å². The van der Waals surface area contributed by atoms with Crippen LogP contribution in [-0.2, 0) is 4.79 Å². The normalized spacial score (nSPS) is 12.8. The minimum Gasteiger partial charge on any atom is -0.493 e. The highest BCUT2D eigenvalue weighted by molar-refractivity contribution is 5.76. The fourth-order valence-corrected chi connectivity index (χ4v) is 1.94. The molecular formula is C16H24FNO3. The van der Waals surface area contributed by atoms with Crippen molar-refractivity contribution in [2.75, 3.05) is 13.2 Å². The van der Waals surface area contributed by atoms with Gasteiger partial charge in [0.05, 0.1) is 13.0 Å². The number of benzene rings is 1. The lowest BCUT2D eigenvalue weighted by Gasteiger charge is -2.31. The number of hydrogen-bond acceptors (Lipinski definition) is 3. The first-order chi connectivity index (χ1) is 9.82. The number of rotatable bonds is 7. The topological polar surface area (TPSA) is 58.6 Å². The number of nitrogens with one attached hydrogen (secondary N) is 1. The van der Waals surface area contributed by atoms with Crippen LogP contribution >= 0.6 is 0 Å². The van der Waals surface area contributed by atoms with Crippen LogP contribution < -0.4 is 10.1 Å². The zero-order valence-corrected chi connectivity index (χ0v) is 12.9. The highest BCUT2D eigenvalue weighted by atomic mass is 19.1. The van der Waals surface area contributed by atoms with E-state index in [-0.39, 0.29) is 42.8 Å². The van der Waals surface area contributed by atoms with Crippen LogP contribution in [0.15, 0.2) is 24.3 Å². The average Bonchev–Trinajstić information content (AvgIpc) is 2.37. The van der Waals surface area contributed by atoms with Crippen molar-refractivity contribution >= 4 is 5.91 Å². The van der Waals surface area contributed by atoms with Gasteiger partial charge < -0.3 is 15.2 Å². The van der Waals surface area contributed by atoms with Gasteiger partial charge in [-0.1, -0.05) is 26.8 Å². The maximum atomic E-state index is 13.0. The highest BCUT2D eigenvalue weighted by Crippen LogP contribution is 2.21. The van der Waals surface area contributed by atoms with Crippen LogP contribution in [0.2, 0.25) is 0 Å². The summed E-state index contributed by atoms with van der Waals surface area (Å²) in [6.07, 6.45) is 0.703. The summed E-state index contributed by atoms with van der Waals surface area (Å²) in [6.45, 7) is 6.25. The molecule has 0 aliphatic heterocycles. The highest BCUT2D eigenvalue weighted by Gasteiger charge is 2.25. The number of aliphatic hydroxyl groups excluding tert-OH is 1. The first-order valence-corrected chi connectivity index (χ1v) is 7.11. The average molecular weight is 297 g/mol. The Bertz CT molecular complexity index is 457. The number of amides is 1. The van der Waals surface area contributed by atoms with Crippen LogP contribution in [-0.4, -0.2) is 30.3 Å². The Morgan fingerprint density at radius 2 is 2.14 bits per heavy atom. The summed E-state index contributed by atoms with van der Waals surface area (Å²) in [5, 5.41) is 12.0. The molecule has 1 rings (SSSR count). The largest absolute Gasteiger partial charge is 0.493 e. The van der Waals surface area contributed by atoms with Crippen LogP contribution in [0.4, 0.5) is 4.39 Å². The summed E-state index contributed by atoms with van der Waals surface area (Å²) in [5.74, 6) is -0.0991. The van der Waals surface area contributed by atoms with Crippen molar-refractivity contribution in [3.63, 3.8) is 0 Å². The zero-order chi connectivity index (χ0) is 15.9. The SMILES string of the molecule is CC(C)(C)C(CCO)NC(=O)CCOc1cccc(F)c1. The van der Waals surface area contributed by atoms with Gasteiger partial charge in [0.15, 0.2) is 0 Å². The minimum absolute atomic E-state index is 0.0298. The Hall–Kier alpha value is -1.62. The molecule has 1 unspecified atom stereocenters. The van der Waals surface area contributed by atoms with Gasteiger partial charge in [-0.05, 0) is 24.0 Å². The second kappa shape index (κ2) is 7.98. The third-order valence-electron chi connectivity index (χ3n) is 3.19. The van der Waals surface area contributed by atoms with Gasteiger partial charge in [-0.25, -0.2) is 4.39 Å². The molecule has 0 aliphatic carbocycles. The Kier molecular flexibility index (Phi) is 6.62. The molecule has 0 aliphatic rings. The van der Waals surface area contributed by atoms with Gasteiger partial charge in [0.2, 0.25) is 5.91 Å². The van der Waals surface area contributed by atoms with Crippen LogP contribution in [0.25, 0.3) is 0 Å². The first kappa shape index (κ1) is 17.4. The van der Waals surface area contributed by atoms with Crippen molar-refractivity contribution in [3.05, 3.63) is 30.1 Å². The van der Waals surface area contributed by atoms with E-state index in [1.54, 1.807) is 12.1 Å². The lowest BCUT2D eigenvalue weighted by molar-refractivity contribution is -0.123. The van der Waals surface area contributed by atoms with E-state index in [1.807, 2.05) is 20.8 Å². The smallest absolute Gasteiger partial charge is 0.223 e. The maximum Gasteiger partial charge on any atom is 0.223 e. The van der Waals surface area contributed by atoms with Crippen molar-refractivity contribution < 1.29 is 19.0 Å². The lowest BCUT2D eigenvalue weighted by Crippen LogP contribution is -2.44. The predicted octanol–water partition coefficient (Wildman–Crippen LogP) is 2.51. The third-order valence-corrected chi connectivity index (χ3v) is 3.19. The first-order valence-electron chi connectivity index (χ1n) is 7.11. The fraction of sp³-hybridized carbons (Fsp3) is 0.562.